The average Bonchev–Trinajstić information content (AvgIpc) is 2.82. The Morgan fingerprint density at radius 3 is 2.84 bits per heavy atom. The van der Waals surface area contributed by atoms with Gasteiger partial charge in [-0.1, -0.05) is 12.1 Å². The number of nitrogens with zero attached hydrogens (tertiary/aromatic N) is 3. The SMILES string of the molecule is Cn1cnc(CNS(=O)(=O)c2cccc(CO)c2)n1. The molecule has 0 amide bonds. The zero-order chi connectivity index (χ0) is 13.9. The van der Waals surface area contributed by atoms with E-state index in [1.807, 2.05) is 0 Å². The minimum absolute atomic E-state index is 0.0204. The number of aliphatic hydroxyl groups is 1. The molecule has 1 heterocycles. The summed E-state index contributed by atoms with van der Waals surface area (Å²) in [6, 6.07) is 6.12. The van der Waals surface area contributed by atoms with E-state index in [9.17, 15) is 8.42 Å². The van der Waals surface area contributed by atoms with Gasteiger partial charge in [0.1, 0.15) is 6.33 Å². The van der Waals surface area contributed by atoms with Gasteiger partial charge < -0.3 is 5.11 Å². The number of aliphatic hydroxyl groups excluding tert-OH is 1. The molecule has 8 heteroatoms. The van der Waals surface area contributed by atoms with Crippen LogP contribution in [0.2, 0.25) is 0 Å². The Hall–Kier alpha value is -1.77. The second kappa shape index (κ2) is 5.47. The van der Waals surface area contributed by atoms with E-state index in [0.717, 1.165) is 0 Å². The Bertz CT molecular complexity index is 666. The molecule has 102 valence electrons. The highest BCUT2D eigenvalue weighted by Crippen LogP contribution is 2.11. The van der Waals surface area contributed by atoms with Crippen LogP contribution in [0.5, 0.6) is 0 Å². The van der Waals surface area contributed by atoms with Crippen LogP contribution in [0.15, 0.2) is 35.5 Å². The van der Waals surface area contributed by atoms with E-state index < -0.39 is 10.0 Å². The van der Waals surface area contributed by atoms with Crippen LogP contribution >= 0.6 is 0 Å². The molecule has 7 nitrogen and oxygen atoms in total. The van der Waals surface area contributed by atoms with E-state index in [2.05, 4.69) is 14.8 Å². The smallest absolute Gasteiger partial charge is 0.240 e. The maximum atomic E-state index is 12.0. The quantitative estimate of drug-likeness (QED) is 0.790. The zero-order valence-corrected chi connectivity index (χ0v) is 11.1. The highest BCUT2D eigenvalue weighted by molar-refractivity contribution is 7.89. The van der Waals surface area contributed by atoms with Crippen LogP contribution in [0.1, 0.15) is 11.4 Å². The van der Waals surface area contributed by atoms with Crippen molar-refractivity contribution in [2.45, 2.75) is 18.0 Å². The molecule has 0 aliphatic rings. The Kier molecular flexibility index (Phi) is 3.93. The van der Waals surface area contributed by atoms with Crippen molar-refractivity contribution in [1.82, 2.24) is 19.5 Å². The van der Waals surface area contributed by atoms with Crippen LogP contribution in [0, 0.1) is 0 Å². The first-order valence-electron chi connectivity index (χ1n) is 5.55. The minimum Gasteiger partial charge on any atom is -0.392 e. The molecule has 2 N–H and O–H groups in total. The molecule has 1 aromatic carbocycles. The third-order valence-electron chi connectivity index (χ3n) is 2.46. The summed E-state index contributed by atoms with van der Waals surface area (Å²) < 4.78 is 28.0. The van der Waals surface area contributed by atoms with Crippen LogP contribution in [-0.4, -0.2) is 28.3 Å². The van der Waals surface area contributed by atoms with Crippen LogP contribution in [0.3, 0.4) is 0 Å². The van der Waals surface area contributed by atoms with Crippen LogP contribution in [0.25, 0.3) is 0 Å². The van der Waals surface area contributed by atoms with Gasteiger partial charge in [-0.15, -0.1) is 0 Å². The molecule has 0 unspecified atom stereocenters. The summed E-state index contributed by atoms with van der Waals surface area (Å²) in [5.41, 5.74) is 0.541. The van der Waals surface area contributed by atoms with Crippen molar-refractivity contribution in [2.75, 3.05) is 0 Å². The number of benzene rings is 1. The number of aryl methyl sites for hydroxylation is 1. The Morgan fingerprint density at radius 1 is 1.42 bits per heavy atom. The Labute approximate surface area is 111 Å². The van der Waals surface area contributed by atoms with E-state index in [1.165, 1.54) is 23.1 Å². The fourth-order valence-electron chi connectivity index (χ4n) is 1.52. The van der Waals surface area contributed by atoms with E-state index in [0.29, 0.717) is 11.4 Å². The van der Waals surface area contributed by atoms with E-state index in [1.54, 1.807) is 19.2 Å². The predicted octanol–water partition coefficient (Wildman–Crippen LogP) is -0.214. The average molecular weight is 282 g/mol. The summed E-state index contributed by atoms with van der Waals surface area (Å²) in [5.74, 6) is 0.393. The van der Waals surface area contributed by atoms with Gasteiger partial charge in [0.2, 0.25) is 10.0 Å². The first kappa shape index (κ1) is 13.7. The minimum atomic E-state index is -3.63. The number of hydrogen-bond donors (Lipinski definition) is 2. The third kappa shape index (κ3) is 3.37. The van der Waals surface area contributed by atoms with Gasteiger partial charge in [-0.3, -0.25) is 4.68 Å². The van der Waals surface area contributed by atoms with Crippen LogP contribution < -0.4 is 4.72 Å². The lowest BCUT2D eigenvalue weighted by atomic mass is 10.2. The van der Waals surface area contributed by atoms with Crippen molar-refractivity contribution < 1.29 is 13.5 Å². The lowest BCUT2D eigenvalue weighted by Crippen LogP contribution is -2.24. The molecule has 2 rings (SSSR count). The number of hydrogen-bond acceptors (Lipinski definition) is 5. The van der Waals surface area contributed by atoms with Gasteiger partial charge in [0.15, 0.2) is 5.82 Å². The summed E-state index contributed by atoms with van der Waals surface area (Å²) in [6.07, 6.45) is 1.50. The predicted molar refractivity (Wildman–Crippen MR) is 67.4 cm³/mol. The van der Waals surface area contributed by atoms with Crippen molar-refractivity contribution in [1.29, 1.82) is 0 Å². The van der Waals surface area contributed by atoms with E-state index in [-0.39, 0.29) is 18.0 Å². The van der Waals surface area contributed by atoms with Crippen molar-refractivity contribution in [3.05, 3.63) is 42.0 Å². The molecule has 0 bridgehead atoms. The number of aromatic nitrogens is 3. The van der Waals surface area contributed by atoms with Gasteiger partial charge in [0.05, 0.1) is 18.0 Å². The Morgan fingerprint density at radius 2 is 2.21 bits per heavy atom. The van der Waals surface area contributed by atoms with Gasteiger partial charge >= 0.3 is 0 Å². The van der Waals surface area contributed by atoms with Gasteiger partial charge in [-0.2, -0.15) is 5.10 Å². The molecular formula is C11H14N4O3S. The van der Waals surface area contributed by atoms with Gasteiger partial charge in [0.25, 0.3) is 0 Å². The highest BCUT2D eigenvalue weighted by atomic mass is 32.2. The van der Waals surface area contributed by atoms with Gasteiger partial charge in [0, 0.05) is 7.05 Å². The second-order valence-electron chi connectivity index (χ2n) is 3.96. The van der Waals surface area contributed by atoms with Crippen molar-refractivity contribution >= 4 is 10.0 Å². The summed E-state index contributed by atoms with van der Waals surface area (Å²) in [4.78, 5) is 4.04. The second-order valence-corrected chi connectivity index (χ2v) is 5.73. The highest BCUT2D eigenvalue weighted by Gasteiger charge is 2.14. The van der Waals surface area contributed by atoms with E-state index in [4.69, 9.17) is 5.11 Å². The van der Waals surface area contributed by atoms with Gasteiger partial charge in [-0.25, -0.2) is 18.1 Å². The van der Waals surface area contributed by atoms with Crippen molar-refractivity contribution in [3.8, 4) is 0 Å². The molecule has 0 radical (unpaired) electrons. The molecule has 19 heavy (non-hydrogen) atoms. The topological polar surface area (TPSA) is 97.1 Å². The summed E-state index contributed by atoms with van der Waals surface area (Å²) in [5, 5.41) is 13.0. The van der Waals surface area contributed by atoms with E-state index >= 15 is 0 Å². The lowest BCUT2D eigenvalue weighted by Gasteiger charge is -2.06. The normalized spacial score (nSPS) is 11.7. The lowest BCUT2D eigenvalue weighted by molar-refractivity contribution is 0.281. The molecule has 1 aromatic heterocycles. The zero-order valence-electron chi connectivity index (χ0n) is 10.3. The monoisotopic (exact) mass is 282 g/mol. The number of rotatable bonds is 5. The molecule has 0 spiro atoms. The molecule has 0 atom stereocenters. The molecule has 0 saturated carbocycles. The first-order valence-corrected chi connectivity index (χ1v) is 7.03. The van der Waals surface area contributed by atoms with Crippen molar-refractivity contribution in [3.63, 3.8) is 0 Å². The first-order chi connectivity index (χ1) is 9.01. The molecule has 0 aliphatic heterocycles. The molecule has 0 aliphatic carbocycles. The fourth-order valence-corrected chi connectivity index (χ4v) is 2.57. The number of sulfonamides is 1. The molecule has 0 fully saturated rings. The number of nitrogens with one attached hydrogen (secondary N) is 1. The largest absolute Gasteiger partial charge is 0.392 e. The Balaban J connectivity index is 2.13. The summed E-state index contributed by atoms with van der Waals surface area (Å²) in [7, 11) is -1.93. The maximum Gasteiger partial charge on any atom is 0.240 e. The fraction of sp³-hybridized carbons (Fsp3) is 0.273. The maximum absolute atomic E-state index is 12.0. The van der Waals surface area contributed by atoms with Crippen LogP contribution in [-0.2, 0) is 30.2 Å². The van der Waals surface area contributed by atoms with Crippen LogP contribution in [0.4, 0.5) is 0 Å². The molecule has 2 aromatic rings. The van der Waals surface area contributed by atoms with Crippen molar-refractivity contribution in [2.24, 2.45) is 7.05 Å². The standard InChI is InChI=1S/C11H14N4O3S/c1-15-8-12-11(14-15)6-13-19(17,18)10-4-2-3-9(5-10)7-16/h2-5,8,13,16H,6-7H2,1H3. The summed E-state index contributed by atoms with van der Waals surface area (Å²) >= 11 is 0. The third-order valence-corrected chi connectivity index (χ3v) is 3.86. The molecular weight excluding hydrogens is 268 g/mol. The van der Waals surface area contributed by atoms with Gasteiger partial charge in [-0.05, 0) is 17.7 Å². The molecule has 0 saturated heterocycles. The summed E-state index contributed by atoms with van der Waals surface area (Å²) in [6.45, 7) is -0.183.